The van der Waals surface area contributed by atoms with Crippen molar-refractivity contribution in [1.29, 1.82) is 0 Å². The number of carbonyl (C=O) groups is 2. The van der Waals surface area contributed by atoms with Crippen LogP contribution in [-0.4, -0.2) is 39.7 Å². The smallest absolute Gasteiger partial charge is 0.292 e. The van der Waals surface area contributed by atoms with E-state index in [0.29, 0.717) is 19.5 Å². The number of benzene rings is 1. The molecular weight excluding hydrogens is 294 g/mol. The first-order valence-corrected chi connectivity index (χ1v) is 7.66. The average Bonchev–Trinajstić information content (AvgIpc) is 3.07. The molecule has 2 aromatic rings. The first-order chi connectivity index (χ1) is 11.2. The fraction of sp³-hybridized carbons (Fsp3) is 0.353. The number of nitrogens with zero attached hydrogens (tertiary/aromatic N) is 2. The van der Waals surface area contributed by atoms with Crippen LogP contribution in [0.3, 0.4) is 0 Å². The molecule has 0 aliphatic carbocycles. The van der Waals surface area contributed by atoms with Crippen LogP contribution in [0.25, 0.3) is 0 Å². The number of Topliss-reactive ketones (excluding diaryl/α,β-unsaturated/α-hetero) is 1. The van der Waals surface area contributed by atoms with Crippen molar-refractivity contribution in [3.8, 4) is 0 Å². The molecule has 0 aliphatic heterocycles. The summed E-state index contributed by atoms with van der Waals surface area (Å²) in [6.07, 6.45) is 3.48. The lowest BCUT2D eigenvalue weighted by Crippen LogP contribution is -2.34. The second-order valence-electron chi connectivity index (χ2n) is 5.24. The molecule has 122 valence electrons. The third-order valence-corrected chi connectivity index (χ3v) is 3.68. The molecule has 0 aliphatic rings. The van der Waals surface area contributed by atoms with Crippen LogP contribution in [0.4, 0.5) is 0 Å². The molecule has 1 amide bonds. The molecule has 0 fully saturated rings. The maximum atomic E-state index is 12.1. The number of amides is 1. The van der Waals surface area contributed by atoms with Gasteiger partial charge in [0.2, 0.25) is 0 Å². The van der Waals surface area contributed by atoms with E-state index in [9.17, 15) is 14.7 Å². The number of ketones is 1. The molecule has 1 heterocycles. The maximum absolute atomic E-state index is 12.1. The highest BCUT2D eigenvalue weighted by atomic mass is 16.3. The van der Waals surface area contributed by atoms with Crippen molar-refractivity contribution in [3.63, 3.8) is 0 Å². The number of aliphatic hydroxyl groups is 1. The van der Waals surface area contributed by atoms with Crippen LogP contribution < -0.4 is 5.32 Å². The van der Waals surface area contributed by atoms with Crippen LogP contribution in [-0.2, 0) is 11.3 Å². The van der Waals surface area contributed by atoms with Gasteiger partial charge in [-0.2, -0.15) is 5.10 Å². The van der Waals surface area contributed by atoms with E-state index >= 15 is 0 Å². The van der Waals surface area contributed by atoms with E-state index < -0.39 is 11.7 Å². The molecule has 23 heavy (non-hydrogen) atoms. The zero-order valence-corrected chi connectivity index (χ0v) is 13.1. The van der Waals surface area contributed by atoms with Gasteiger partial charge < -0.3 is 10.4 Å². The minimum atomic E-state index is -0.653. The third kappa shape index (κ3) is 4.50. The van der Waals surface area contributed by atoms with Gasteiger partial charge in [0.05, 0.1) is 11.8 Å². The van der Waals surface area contributed by atoms with Crippen LogP contribution >= 0.6 is 0 Å². The standard InChI is InChI=1S/C17H21N3O3/c1-2-20-12-15(11-19-20)16(22)17(23)18-10-14(8-9-21)13-6-4-3-5-7-13/h3-7,11-12,14,21H,2,8-10H2,1H3,(H,18,23). The first kappa shape index (κ1) is 16.9. The van der Waals surface area contributed by atoms with Crippen molar-refractivity contribution in [2.75, 3.05) is 13.2 Å². The Bertz CT molecular complexity index is 652. The summed E-state index contributed by atoms with van der Waals surface area (Å²) < 4.78 is 1.60. The molecule has 0 bridgehead atoms. The van der Waals surface area contributed by atoms with Crippen molar-refractivity contribution in [3.05, 3.63) is 53.9 Å². The summed E-state index contributed by atoms with van der Waals surface area (Å²) in [6, 6.07) is 9.61. The average molecular weight is 315 g/mol. The Hall–Kier alpha value is -2.47. The molecule has 6 nitrogen and oxygen atoms in total. The summed E-state index contributed by atoms with van der Waals surface area (Å²) >= 11 is 0. The topological polar surface area (TPSA) is 84.2 Å². The number of hydrogen-bond acceptors (Lipinski definition) is 4. The van der Waals surface area contributed by atoms with E-state index in [1.165, 1.54) is 6.20 Å². The molecule has 0 saturated carbocycles. The Morgan fingerprint density at radius 3 is 2.65 bits per heavy atom. The van der Waals surface area contributed by atoms with Gasteiger partial charge in [-0.1, -0.05) is 30.3 Å². The lowest BCUT2D eigenvalue weighted by molar-refractivity contribution is -0.117. The van der Waals surface area contributed by atoms with Crippen molar-refractivity contribution in [2.45, 2.75) is 25.8 Å². The third-order valence-electron chi connectivity index (χ3n) is 3.68. The lowest BCUT2D eigenvalue weighted by Gasteiger charge is -2.16. The monoisotopic (exact) mass is 315 g/mol. The summed E-state index contributed by atoms with van der Waals surface area (Å²) in [5, 5.41) is 15.8. The number of nitrogens with one attached hydrogen (secondary N) is 1. The highest BCUT2D eigenvalue weighted by Crippen LogP contribution is 2.18. The normalized spacial score (nSPS) is 11.9. The predicted octanol–water partition coefficient (Wildman–Crippen LogP) is 1.37. The summed E-state index contributed by atoms with van der Waals surface area (Å²) in [5.74, 6) is -1.28. The summed E-state index contributed by atoms with van der Waals surface area (Å²) in [7, 11) is 0. The molecule has 2 N–H and O–H groups in total. The fourth-order valence-electron chi connectivity index (χ4n) is 2.35. The van der Waals surface area contributed by atoms with E-state index in [0.717, 1.165) is 5.56 Å². The Balaban J connectivity index is 1.97. The van der Waals surface area contributed by atoms with Gasteiger partial charge in [0.25, 0.3) is 11.7 Å². The van der Waals surface area contributed by atoms with Gasteiger partial charge >= 0.3 is 0 Å². The van der Waals surface area contributed by atoms with E-state index in [1.54, 1.807) is 10.9 Å². The fourth-order valence-corrected chi connectivity index (χ4v) is 2.35. The number of aromatic nitrogens is 2. The van der Waals surface area contributed by atoms with Crippen molar-refractivity contribution < 1.29 is 14.7 Å². The molecule has 6 heteroatoms. The zero-order chi connectivity index (χ0) is 16.7. The predicted molar refractivity (Wildman–Crippen MR) is 86.1 cm³/mol. The van der Waals surface area contributed by atoms with Crippen LogP contribution in [0, 0.1) is 0 Å². The molecule has 0 saturated heterocycles. The van der Waals surface area contributed by atoms with Gasteiger partial charge in [0.15, 0.2) is 0 Å². The summed E-state index contributed by atoms with van der Waals surface area (Å²) in [6.45, 7) is 2.87. The van der Waals surface area contributed by atoms with Gasteiger partial charge in [-0.3, -0.25) is 14.3 Å². The first-order valence-electron chi connectivity index (χ1n) is 7.66. The van der Waals surface area contributed by atoms with Gasteiger partial charge in [0.1, 0.15) is 0 Å². The SMILES string of the molecule is CCn1cc(C(=O)C(=O)NCC(CCO)c2ccccc2)cn1. The second-order valence-corrected chi connectivity index (χ2v) is 5.24. The molecule has 1 atom stereocenters. The van der Waals surface area contributed by atoms with Crippen LogP contribution in [0.15, 0.2) is 42.7 Å². The Morgan fingerprint density at radius 1 is 1.30 bits per heavy atom. The quantitative estimate of drug-likeness (QED) is 0.569. The zero-order valence-electron chi connectivity index (χ0n) is 13.1. The number of hydrogen-bond donors (Lipinski definition) is 2. The molecule has 2 rings (SSSR count). The minimum Gasteiger partial charge on any atom is -0.396 e. The molecule has 0 radical (unpaired) electrons. The Kier molecular flexibility index (Phi) is 6.05. The Labute approximate surface area is 135 Å². The van der Waals surface area contributed by atoms with E-state index in [2.05, 4.69) is 10.4 Å². The highest BCUT2D eigenvalue weighted by molar-refractivity contribution is 6.42. The van der Waals surface area contributed by atoms with Gasteiger partial charge in [-0.05, 0) is 18.9 Å². The van der Waals surface area contributed by atoms with Gasteiger partial charge in [-0.15, -0.1) is 0 Å². The number of aliphatic hydroxyl groups excluding tert-OH is 1. The lowest BCUT2D eigenvalue weighted by atomic mass is 9.96. The molecule has 0 spiro atoms. The van der Waals surface area contributed by atoms with E-state index in [-0.39, 0.29) is 18.1 Å². The number of carbonyl (C=O) groups excluding carboxylic acids is 2. The van der Waals surface area contributed by atoms with Gasteiger partial charge in [-0.25, -0.2) is 0 Å². The molecule has 1 aromatic carbocycles. The second kappa shape index (κ2) is 8.24. The maximum Gasteiger partial charge on any atom is 0.292 e. The van der Waals surface area contributed by atoms with Crippen LogP contribution in [0.2, 0.25) is 0 Å². The van der Waals surface area contributed by atoms with E-state index in [1.807, 2.05) is 37.3 Å². The largest absolute Gasteiger partial charge is 0.396 e. The number of rotatable bonds is 8. The van der Waals surface area contributed by atoms with Crippen molar-refractivity contribution >= 4 is 11.7 Å². The van der Waals surface area contributed by atoms with Crippen LogP contribution in [0.1, 0.15) is 35.2 Å². The van der Waals surface area contributed by atoms with E-state index in [4.69, 9.17) is 0 Å². The van der Waals surface area contributed by atoms with Gasteiger partial charge in [0, 0.05) is 31.8 Å². The minimum absolute atomic E-state index is 0.0205. The summed E-state index contributed by atoms with van der Waals surface area (Å²) in [5.41, 5.74) is 1.30. The molecular formula is C17H21N3O3. The number of aryl methyl sites for hydroxylation is 1. The molecule has 1 aromatic heterocycles. The van der Waals surface area contributed by atoms with Crippen LogP contribution in [0.5, 0.6) is 0 Å². The highest BCUT2D eigenvalue weighted by Gasteiger charge is 2.19. The summed E-state index contributed by atoms with van der Waals surface area (Å²) in [4.78, 5) is 24.1. The molecule has 1 unspecified atom stereocenters. The Morgan fingerprint density at radius 2 is 2.04 bits per heavy atom. The van der Waals surface area contributed by atoms with Crippen molar-refractivity contribution in [1.82, 2.24) is 15.1 Å². The van der Waals surface area contributed by atoms with Crippen molar-refractivity contribution in [2.24, 2.45) is 0 Å².